The third-order valence-electron chi connectivity index (χ3n) is 5.09. The Morgan fingerprint density at radius 1 is 1.10 bits per heavy atom. The molecule has 1 aromatic carbocycles. The summed E-state index contributed by atoms with van der Waals surface area (Å²) in [4.78, 5) is 32.0. The Morgan fingerprint density at radius 3 is 2.29 bits per heavy atom. The van der Waals surface area contributed by atoms with Crippen molar-refractivity contribution in [1.29, 1.82) is 0 Å². The van der Waals surface area contributed by atoms with E-state index in [0.29, 0.717) is 6.20 Å². The highest BCUT2D eigenvalue weighted by Crippen LogP contribution is 2.43. The fraction of sp³-hybridized carbons (Fsp3) is 0.238. The molecule has 0 fully saturated rings. The zero-order valence-electron chi connectivity index (χ0n) is 20.7. The largest absolute Gasteiger partial charge is 0.491 e. The fourth-order valence-corrected chi connectivity index (χ4v) is 4.49. The molecular formula is C21H19F6N6O6PS. The van der Waals surface area contributed by atoms with Crippen LogP contribution in [0.2, 0.25) is 0 Å². The van der Waals surface area contributed by atoms with E-state index in [0.717, 1.165) is 34.8 Å². The maximum absolute atomic E-state index is 13.6. The van der Waals surface area contributed by atoms with Crippen molar-refractivity contribution in [3.8, 4) is 0 Å². The van der Waals surface area contributed by atoms with Gasteiger partial charge in [0.05, 0.1) is 11.6 Å². The van der Waals surface area contributed by atoms with Crippen LogP contribution < -0.4 is 20.2 Å². The Labute approximate surface area is 228 Å². The molecular weight excluding hydrogens is 609 g/mol. The lowest BCUT2D eigenvalue weighted by molar-refractivity contribution is -0.190. The molecule has 20 heteroatoms. The van der Waals surface area contributed by atoms with Crippen LogP contribution in [-0.2, 0) is 36.6 Å². The Morgan fingerprint density at radius 2 is 1.73 bits per heavy atom. The number of hydrogen-bond acceptors (Lipinski definition) is 10. The number of carbonyl (C=O) groups excluding carboxylic acids is 1. The number of alkyl halides is 6. The molecule has 41 heavy (non-hydrogen) atoms. The van der Waals surface area contributed by atoms with Crippen LogP contribution in [0.5, 0.6) is 0 Å². The van der Waals surface area contributed by atoms with Crippen molar-refractivity contribution in [2.75, 3.05) is 28.2 Å². The molecule has 0 saturated carbocycles. The molecule has 2 heterocycles. The number of nitrogens with zero attached hydrogens (tertiary/aromatic N) is 4. The summed E-state index contributed by atoms with van der Waals surface area (Å²) < 4.78 is 118. The number of sulfonamides is 1. The van der Waals surface area contributed by atoms with Crippen molar-refractivity contribution in [3.05, 3.63) is 59.9 Å². The minimum Gasteiger partial charge on any atom is -0.382 e. The first-order valence-electron chi connectivity index (χ1n) is 10.9. The van der Waals surface area contributed by atoms with Crippen LogP contribution in [0.25, 0.3) is 0 Å². The number of benzene rings is 1. The number of halogens is 6. The van der Waals surface area contributed by atoms with Crippen LogP contribution in [-0.4, -0.2) is 53.7 Å². The van der Waals surface area contributed by atoms with Gasteiger partial charge in [-0.3, -0.25) is 4.31 Å². The minimum absolute atomic E-state index is 0.0333. The molecule has 0 amide bonds. The van der Waals surface area contributed by atoms with Gasteiger partial charge in [-0.15, -0.1) is 0 Å². The second-order valence-corrected chi connectivity index (χ2v) is 11.8. The molecule has 3 N–H and O–H groups in total. The average Bonchev–Trinajstić information content (AvgIpc) is 2.85. The summed E-state index contributed by atoms with van der Waals surface area (Å²) in [6.07, 6.45) is -7.70. The second-order valence-electron chi connectivity index (χ2n) is 8.09. The predicted molar refractivity (Wildman–Crippen MR) is 133 cm³/mol. The fourth-order valence-electron chi connectivity index (χ4n) is 3.05. The molecule has 2 aromatic heterocycles. The molecule has 0 aliphatic carbocycles. The first kappa shape index (κ1) is 31.6. The predicted octanol–water partition coefficient (Wildman–Crippen LogP) is 3.56. The molecule has 1 unspecified atom stereocenters. The highest BCUT2D eigenvalue weighted by atomic mass is 32.2. The SMILES string of the molecule is CN(c1ncccc1CNc1nc(Nc2ccc(P(=O)(O)OC(=O)C(F)(F)F)cc2)ncc1C(F)(F)F)S(C)(=O)=O. The summed E-state index contributed by atoms with van der Waals surface area (Å²) in [5.41, 5.74) is -1.00. The molecule has 0 aliphatic heterocycles. The Kier molecular flexibility index (Phi) is 8.85. The van der Waals surface area contributed by atoms with Crippen molar-refractivity contribution in [2.24, 2.45) is 0 Å². The molecule has 0 aliphatic rings. The van der Waals surface area contributed by atoms with Crippen molar-refractivity contribution >= 4 is 52.2 Å². The molecule has 3 aromatic rings. The molecule has 12 nitrogen and oxygen atoms in total. The van der Waals surface area contributed by atoms with E-state index in [-0.39, 0.29) is 29.6 Å². The molecule has 0 radical (unpaired) electrons. The number of carbonyl (C=O) groups is 1. The van der Waals surface area contributed by atoms with E-state index in [1.807, 2.05) is 0 Å². The van der Waals surface area contributed by atoms with E-state index in [2.05, 4.69) is 30.1 Å². The van der Waals surface area contributed by atoms with Crippen LogP contribution >= 0.6 is 7.60 Å². The van der Waals surface area contributed by atoms with Gasteiger partial charge in [-0.05, 0) is 30.3 Å². The number of anilines is 4. The topological polar surface area (TPSA) is 164 Å². The second kappa shape index (κ2) is 11.5. The lowest BCUT2D eigenvalue weighted by Crippen LogP contribution is -2.27. The van der Waals surface area contributed by atoms with Gasteiger partial charge in [0, 0.05) is 37.2 Å². The zero-order valence-corrected chi connectivity index (χ0v) is 22.4. The summed E-state index contributed by atoms with van der Waals surface area (Å²) in [5, 5.41) is 4.33. The number of hydrogen-bond donors (Lipinski definition) is 3. The van der Waals surface area contributed by atoms with Gasteiger partial charge < -0.3 is 20.1 Å². The maximum atomic E-state index is 13.6. The Bertz CT molecular complexity index is 1590. The summed E-state index contributed by atoms with van der Waals surface area (Å²) in [7, 11) is -7.72. The van der Waals surface area contributed by atoms with Crippen molar-refractivity contribution in [2.45, 2.75) is 18.9 Å². The van der Waals surface area contributed by atoms with Crippen LogP contribution in [0.4, 0.5) is 49.6 Å². The van der Waals surface area contributed by atoms with E-state index in [1.165, 1.54) is 25.4 Å². The quantitative estimate of drug-likeness (QED) is 0.235. The lowest BCUT2D eigenvalue weighted by atomic mass is 10.2. The van der Waals surface area contributed by atoms with Gasteiger partial charge in [-0.1, -0.05) is 6.07 Å². The van der Waals surface area contributed by atoms with Gasteiger partial charge in [0.2, 0.25) is 16.0 Å². The van der Waals surface area contributed by atoms with Crippen LogP contribution in [0.3, 0.4) is 0 Å². The third-order valence-corrected chi connectivity index (χ3v) is 7.62. The van der Waals surface area contributed by atoms with Crippen molar-refractivity contribution < 1.29 is 53.5 Å². The lowest BCUT2D eigenvalue weighted by Gasteiger charge is -2.20. The summed E-state index contributed by atoms with van der Waals surface area (Å²) in [6, 6.07) is 6.69. The monoisotopic (exact) mass is 628 g/mol. The van der Waals surface area contributed by atoms with Gasteiger partial charge in [-0.2, -0.15) is 31.3 Å². The Balaban J connectivity index is 1.85. The smallest absolute Gasteiger partial charge is 0.382 e. The van der Waals surface area contributed by atoms with Gasteiger partial charge in [-0.25, -0.2) is 27.7 Å². The molecule has 0 saturated heterocycles. The first-order valence-corrected chi connectivity index (χ1v) is 14.3. The van der Waals surface area contributed by atoms with E-state index in [1.54, 1.807) is 0 Å². The molecule has 3 rings (SSSR count). The summed E-state index contributed by atoms with van der Waals surface area (Å²) >= 11 is 0. The zero-order chi connectivity index (χ0) is 30.8. The number of pyridine rings is 1. The first-order chi connectivity index (χ1) is 18.8. The molecule has 0 bridgehead atoms. The maximum Gasteiger partial charge on any atom is 0.491 e. The number of rotatable bonds is 9. The van der Waals surface area contributed by atoms with Crippen LogP contribution in [0.1, 0.15) is 11.1 Å². The molecule has 0 spiro atoms. The van der Waals surface area contributed by atoms with E-state index < -0.39 is 52.6 Å². The molecule has 222 valence electrons. The molecule has 1 atom stereocenters. The highest BCUT2D eigenvalue weighted by molar-refractivity contribution is 7.92. The van der Waals surface area contributed by atoms with Crippen LogP contribution in [0, 0.1) is 0 Å². The average molecular weight is 628 g/mol. The van der Waals surface area contributed by atoms with Gasteiger partial charge in [0.15, 0.2) is 0 Å². The van der Waals surface area contributed by atoms with Gasteiger partial charge in [0.25, 0.3) is 0 Å². The minimum atomic E-state index is -5.51. The number of nitrogens with one attached hydrogen (secondary N) is 2. The number of aromatic nitrogens is 3. The Hall–Kier alpha value is -3.96. The highest BCUT2D eigenvalue weighted by Gasteiger charge is 2.45. The summed E-state index contributed by atoms with van der Waals surface area (Å²) in [6.45, 7) is -0.334. The van der Waals surface area contributed by atoms with E-state index >= 15 is 0 Å². The van der Waals surface area contributed by atoms with E-state index in [4.69, 9.17) is 0 Å². The standard InChI is InChI=1S/C21H19F6N6O6PS/c1-33(41(2,37)38)17-12(4-3-9-28-17)10-29-16-15(20(22,23)24)11-30-19(32-16)31-13-5-7-14(8-6-13)40(35,36)39-18(34)21(25,26)27/h3-9,11H,10H2,1-2H3,(H,35,36)(H2,29,30,31,32). The van der Waals surface area contributed by atoms with Gasteiger partial charge in [0.1, 0.15) is 17.2 Å². The van der Waals surface area contributed by atoms with Crippen molar-refractivity contribution in [1.82, 2.24) is 15.0 Å². The third kappa shape index (κ3) is 8.05. The van der Waals surface area contributed by atoms with Crippen LogP contribution in [0.15, 0.2) is 48.8 Å². The van der Waals surface area contributed by atoms with E-state index in [9.17, 15) is 49.0 Å². The normalized spacial score (nSPS) is 13.7. The summed E-state index contributed by atoms with van der Waals surface area (Å²) in [5.74, 6) is -3.98. The van der Waals surface area contributed by atoms with Gasteiger partial charge >= 0.3 is 25.9 Å². The van der Waals surface area contributed by atoms with Crippen molar-refractivity contribution in [3.63, 3.8) is 0 Å².